The molecule has 0 aromatic carbocycles. The molecule has 3 nitrogen and oxygen atoms in total. The van der Waals surface area contributed by atoms with Crippen LogP contribution in [-0.2, 0) is 9.59 Å². The normalized spacial score (nSPS) is 21.8. The van der Waals surface area contributed by atoms with Crippen LogP contribution in [0.1, 0.15) is 61.3 Å². The second-order valence-electron chi connectivity index (χ2n) is 7.83. The minimum atomic E-state index is -0.495. The van der Waals surface area contributed by atoms with E-state index >= 15 is 0 Å². The Bertz CT molecular complexity index is 447. The number of Topliss-reactive ketones (excluding diaryl/α,β-unsaturated/α-hetero) is 1. The van der Waals surface area contributed by atoms with Gasteiger partial charge in [0.05, 0.1) is 0 Å². The van der Waals surface area contributed by atoms with Crippen molar-refractivity contribution in [3.8, 4) is 0 Å². The molecule has 0 N–H and O–H groups in total. The molecule has 0 radical (unpaired) electrons. The molecule has 0 saturated carbocycles. The van der Waals surface area contributed by atoms with Crippen LogP contribution < -0.4 is 0 Å². The van der Waals surface area contributed by atoms with E-state index in [0.29, 0.717) is 6.42 Å². The molecule has 1 atom stereocenters. The van der Waals surface area contributed by atoms with Gasteiger partial charge in [-0.1, -0.05) is 54.9 Å². The number of nitrogens with zero attached hydrogens (tertiary/aromatic N) is 1. The van der Waals surface area contributed by atoms with Crippen LogP contribution >= 0.6 is 0 Å². The van der Waals surface area contributed by atoms with E-state index in [1.165, 1.54) is 0 Å². The van der Waals surface area contributed by atoms with Gasteiger partial charge in [0.25, 0.3) is 0 Å². The lowest BCUT2D eigenvalue weighted by Gasteiger charge is -2.42. The predicted octanol–water partition coefficient (Wildman–Crippen LogP) is 3.79. The minimum Gasteiger partial charge on any atom is -0.318 e. The van der Waals surface area contributed by atoms with E-state index in [9.17, 15) is 9.59 Å². The highest BCUT2D eigenvalue weighted by Crippen LogP contribution is 2.43. The van der Waals surface area contributed by atoms with Crippen molar-refractivity contribution in [3.63, 3.8) is 0 Å². The Morgan fingerprint density at radius 1 is 1.00 bits per heavy atom. The van der Waals surface area contributed by atoms with E-state index in [2.05, 4.69) is 41.5 Å². The van der Waals surface area contributed by atoms with E-state index < -0.39 is 5.92 Å². The topological polar surface area (TPSA) is 37.4 Å². The number of amides is 1. The molecular weight excluding hydrogens is 250 g/mol. The zero-order chi connectivity index (χ0) is 15.9. The smallest absolute Gasteiger partial charge is 0.237 e. The van der Waals surface area contributed by atoms with Gasteiger partial charge in [-0.25, -0.2) is 0 Å². The molecule has 1 unspecified atom stereocenters. The highest BCUT2D eigenvalue weighted by Gasteiger charge is 2.45. The van der Waals surface area contributed by atoms with Crippen LogP contribution in [0.25, 0.3) is 0 Å². The number of hydrogen-bond acceptors (Lipinski definition) is 2. The Labute approximate surface area is 123 Å². The van der Waals surface area contributed by atoms with Crippen LogP contribution in [-0.4, -0.2) is 23.6 Å². The van der Waals surface area contributed by atoms with Gasteiger partial charge in [-0.2, -0.15) is 0 Å². The van der Waals surface area contributed by atoms with E-state index in [4.69, 9.17) is 0 Å². The number of hydrogen-bond donors (Lipinski definition) is 0. The summed E-state index contributed by atoms with van der Waals surface area (Å²) in [5.74, 6) is -0.507. The standard InChI is InChI=1S/C17H29NO2/c1-9-10-11-13(19)12(16(2,3)4)14(17(5,6)7)18(8)15(11)20/h11H,9-10H2,1-8H3. The van der Waals surface area contributed by atoms with E-state index in [1.807, 2.05) is 14.0 Å². The summed E-state index contributed by atoms with van der Waals surface area (Å²) >= 11 is 0. The van der Waals surface area contributed by atoms with Crippen LogP contribution in [0.5, 0.6) is 0 Å². The highest BCUT2D eigenvalue weighted by molar-refractivity contribution is 6.13. The summed E-state index contributed by atoms with van der Waals surface area (Å²) < 4.78 is 0. The average Bonchev–Trinajstić information content (AvgIpc) is 2.25. The van der Waals surface area contributed by atoms with Crippen molar-refractivity contribution >= 4 is 11.7 Å². The van der Waals surface area contributed by atoms with Crippen LogP contribution in [0.4, 0.5) is 0 Å². The molecule has 1 amide bonds. The van der Waals surface area contributed by atoms with Crippen molar-refractivity contribution in [2.75, 3.05) is 7.05 Å². The molecular formula is C17H29NO2. The SMILES string of the molecule is CCCC1C(=O)C(C(C)(C)C)=C(C(C)(C)C)N(C)C1=O. The van der Waals surface area contributed by atoms with E-state index in [-0.39, 0.29) is 22.5 Å². The first kappa shape index (κ1) is 16.9. The largest absolute Gasteiger partial charge is 0.318 e. The molecule has 114 valence electrons. The lowest BCUT2D eigenvalue weighted by molar-refractivity contribution is -0.141. The second-order valence-corrected chi connectivity index (χ2v) is 7.83. The summed E-state index contributed by atoms with van der Waals surface area (Å²) in [6, 6.07) is 0. The fourth-order valence-electron chi connectivity index (χ4n) is 3.06. The monoisotopic (exact) mass is 279 g/mol. The summed E-state index contributed by atoms with van der Waals surface area (Å²) in [6.45, 7) is 14.4. The molecule has 1 heterocycles. The Morgan fingerprint density at radius 2 is 1.50 bits per heavy atom. The molecule has 1 aliphatic heterocycles. The Balaban J connectivity index is 3.56. The zero-order valence-corrected chi connectivity index (χ0v) is 14.3. The van der Waals surface area contributed by atoms with Crippen molar-refractivity contribution in [1.29, 1.82) is 0 Å². The van der Waals surface area contributed by atoms with Gasteiger partial charge in [0.15, 0.2) is 5.78 Å². The molecule has 0 bridgehead atoms. The number of allylic oxidation sites excluding steroid dienone is 2. The highest BCUT2D eigenvalue weighted by atomic mass is 16.2. The number of rotatable bonds is 2. The first-order valence-corrected chi connectivity index (χ1v) is 7.50. The zero-order valence-electron chi connectivity index (χ0n) is 14.3. The van der Waals surface area contributed by atoms with Crippen molar-refractivity contribution in [3.05, 3.63) is 11.3 Å². The van der Waals surface area contributed by atoms with Gasteiger partial charge >= 0.3 is 0 Å². The van der Waals surface area contributed by atoms with Crippen molar-refractivity contribution in [1.82, 2.24) is 4.90 Å². The molecule has 0 saturated heterocycles. The first-order valence-electron chi connectivity index (χ1n) is 7.50. The minimum absolute atomic E-state index is 0.0346. The molecule has 0 aliphatic carbocycles. The van der Waals surface area contributed by atoms with Crippen molar-refractivity contribution in [2.24, 2.45) is 16.7 Å². The van der Waals surface area contributed by atoms with Gasteiger partial charge in [0.2, 0.25) is 5.91 Å². The fraction of sp³-hybridized carbons (Fsp3) is 0.765. The van der Waals surface area contributed by atoms with Gasteiger partial charge in [-0.05, 0) is 11.8 Å². The van der Waals surface area contributed by atoms with Crippen LogP contribution in [0.2, 0.25) is 0 Å². The van der Waals surface area contributed by atoms with Crippen molar-refractivity contribution < 1.29 is 9.59 Å². The molecule has 0 aromatic heterocycles. The van der Waals surface area contributed by atoms with Gasteiger partial charge in [-0.15, -0.1) is 0 Å². The summed E-state index contributed by atoms with van der Waals surface area (Å²) in [6.07, 6.45) is 1.48. The lowest BCUT2D eigenvalue weighted by Crippen LogP contribution is -2.48. The summed E-state index contributed by atoms with van der Waals surface area (Å²) in [4.78, 5) is 27.1. The maximum Gasteiger partial charge on any atom is 0.237 e. The summed E-state index contributed by atoms with van der Waals surface area (Å²) in [5.41, 5.74) is 1.23. The maximum absolute atomic E-state index is 12.9. The molecule has 1 rings (SSSR count). The predicted molar refractivity (Wildman–Crippen MR) is 82.1 cm³/mol. The summed E-state index contributed by atoms with van der Waals surface area (Å²) in [5, 5.41) is 0. The molecule has 1 aliphatic rings. The molecule has 0 fully saturated rings. The van der Waals surface area contributed by atoms with Gasteiger partial charge in [-0.3, -0.25) is 9.59 Å². The summed E-state index contributed by atoms with van der Waals surface area (Å²) in [7, 11) is 1.81. The average molecular weight is 279 g/mol. The Kier molecular flexibility index (Phi) is 4.52. The molecule has 20 heavy (non-hydrogen) atoms. The third kappa shape index (κ3) is 2.97. The third-order valence-corrected chi connectivity index (χ3v) is 3.80. The van der Waals surface area contributed by atoms with Crippen LogP contribution in [0.15, 0.2) is 11.3 Å². The third-order valence-electron chi connectivity index (χ3n) is 3.80. The quantitative estimate of drug-likeness (QED) is 0.721. The molecule has 0 spiro atoms. The first-order chi connectivity index (χ1) is 8.92. The van der Waals surface area contributed by atoms with E-state index in [1.54, 1.807) is 4.90 Å². The van der Waals surface area contributed by atoms with Crippen molar-refractivity contribution in [2.45, 2.75) is 61.3 Å². The number of carbonyl (C=O) groups excluding carboxylic acids is 2. The Morgan fingerprint density at radius 3 is 1.85 bits per heavy atom. The van der Waals surface area contributed by atoms with Gasteiger partial charge in [0, 0.05) is 23.7 Å². The number of ketones is 1. The van der Waals surface area contributed by atoms with E-state index in [0.717, 1.165) is 17.7 Å². The lowest BCUT2D eigenvalue weighted by atomic mass is 9.70. The van der Waals surface area contributed by atoms with Gasteiger partial charge in [0.1, 0.15) is 5.92 Å². The van der Waals surface area contributed by atoms with Gasteiger partial charge < -0.3 is 4.90 Å². The Hall–Kier alpha value is -1.12. The molecule has 0 aromatic rings. The van der Waals surface area contributed by atoms with Crippen LogP contribution in [0, 0.1) is 16.7 Å². The number of carbonyl (C=O) groups is 2. The fourth-order valence-corrected chi connectivity index (χ4v) is 3.06. The second kappa shape index (κ2) is 5.34. The molecule has 3 heteroatoms. The maximum atomic E-state index is 12.9. The van der Waals surface area contributed by atoms with Crippen LogP contribution in [0.3, 0.4) is 0 Å².